The Balaban J connectivity index is 1.21. The Bertz CT molecular complexity index is 1230. The first kappa shape index (κ1) is 24.6. The lowest BCUT2D eigenvalue weighted by Gasteiger charge is -2.29. The summed E-state index contributed by atoms with van der Waals surface area (Å²) in [4.78, 5) is 18.4. The Morgan fingerprint density at radius 3 is 3.06 bits per heavy atom. The molecule has 1 saturated heterocycles. The molecule has 17 heteroatoms. The maximum absolute atomic E-state index is 13.1. The van der Waals surface area contributed by atoms with Crippen LogP contribution in [0.1, 0.15) is 25.5 Å². The molecule has 1 aliphatic heterocycles. The molecule has 1 unspecified atom stereocenters. The van der Waals surface area contributed by atoms with Gasteiger partial charge in [-0.2, -0.15) is 9.67 Å². The van der Waals surface area contributed by atoms with Gasteiger partial charge in [0.15, 0.2) is 17.4 Å². The van der Waals surface area contributed by atoms with Crippen LogP contribution in [0.3, 0.4) is 0 Å². The highest BCUT2D eigenvalue weighted by atomic mass is 32.7. The smallest absolute Gasteiger partial charge is 0.386 e. The lowest BCUT2D eigenvalue weighted by Crippen LogP contribution is -2.44. The highest BCUT2D eigenvalue weighted by molar-refractivity contribution is 8.44. The van der Waals surface area contributed by atoms with E-state index in [0.29, 0.717) is 25.9 Å². The molecule has 0 amide bonds. The summed E-state index contributed by atoms with van der Waals surface area (Å²) in [6, 6.07) is -0.410. The number of aromatic nitrogens is 5. The number of H-pyrrole nitrogens is 1. The van der Waals surface area contributed by atoms with Crippen molar-refractivity contribution in [1.29, 1.82) is 5.41 Å². The molecule has 8 atom stereocenters. The number of nitrogen functional groups attached to an aromatic ring is 1. The van der Waals surface area contributed by atoms with Crippen LogP contribution < -0.4 is 16.6 Å². The molecule has 15 nitrogen and oxygen atoms in total. The van der Waals surface area contributed by atoms with Gasteiger partial charge in [-0.25, -0.2) is 4.57 Å². The quantitative estimate of drug-likeness (QED) is 0.102. The summed E-state index contributed by atoms with van der Waals surface area (Å²) < 4.78 is 37.0. The van der Waals surface area contributed by atoms with Crippen molar-refractivity contribution in [3.05, 3.63) is 10.4 Å². The molecule has 6 N–H and O–H groups in total. The zero-order valence-electron chi connectivity index (χ0n) is 18.7. The van der Waals surface area contributed by atoms with Crippen molar-refractivity contribution in [2.45, 2.75) is 49.8 Å². The van der Waals surface area contributed by atoms with Crippen LogP contribution in [0.5, 0.6) is 0 Å². The van der Waals surface area contributed by atoms with Crippen LogP contribution in [0.25, 0.3) is 11.2 Å². The molecule has 0 spiro atoms. The fraction of sp³-hybridized carbons (Fsp3) is 0.722. The van der Waals surface area contributed by atoms with E-state index < -0.39 is 48.4 Å². The molecule has 3 aliphatic rings. The molecule has 192 valence electrons. The number of thiol groups is 1. The Morgan fingerprint density at radius 2 is 2.31 bits per heavy atom. The average molecular weight is 531 g/mol. The summed E-state index contributed by atoms with van der Waals surface area (Å²) in [7, 11) is 1.55. The molecule has 3 fully saturated rings. The fourth-order valence-electron chi connectivity index (χ4n) is 5.32. The first-order chi connectivity index (χ1) is 16.7. The van der Waals surface area contributed by atoms with E-state index in [4.69, 9.17) is 29.7 Å². The van der Waals surface area contributed by atoms with Crippen LogP contribution in [-0.2, 0) is 23.1 Å². The standard InChI is InChI=1S/C18H27N8O7PS/c1-30-6-18-4-9(18)11(21-7-19)13(27)14(18)33-34(29,35)31-5-8-2-3-10(32-8)26-15-12(24-25-26)16(28)23-17(20)22-15/h7-11,13-14,27H,2-6H2,1H3,(H2,19,21)(H,29,35)(H3,20,22,23,28)/t8-,9+,10+,11+,13-,14-,18+,34?/m0/s1. The predicted molar refractivity (Wildman–Crippen MR) is 125 cm³/mol. The molecule has 3 heterocycles. The van der Waals surface area contributed by atoms with Crippen LogP contribution in [0.4, 0.5) is 5.95 Å². The Kier molecular flexibility index (Phi) is 6.40. The molecule has 5 rings (SSSR count). The summed E-state index contributed by atoms with van der Waals surface area (Å²) in [5.41, 5.74) is 4.85. The maximum atomic E-state index is 13.1. The summed E-state index contributed by atoms with van der Waals surface area (Å²) >= 11 is 4.12. The van der Waals surface area contributed by atoms with Crippen molar-refractivity contribution in [3.8, 4) is 0 Å². The van der Waals surface area contributed by atoms with E-state index in [2.05, 4.69) is 37.8 Å². The number of aliphatic hydroxyl groups excluding tert-OH is 1. The number of rotatable bonds is 10. The van der Waals surface area contributed by atoms with Gasteiger partial charge in [-0.1, -0.05) is 17.5 Å². The van der Waals surface area contributed by atoms with E-state index >= 15 is 0 Å². The van der Waals surface area contributed by atoms with E-state index in [1.807, 2.05) is 0 Å². The molecular formula is C18H27N8O7PS. The van der Waals surface area contributed by atoms with Gasteiger partial charge in [-0.05, 0) is 25.2 Å². The summed E-state index contributed by atoms with van der Waals surface area (Å²) in [5.74, 6) is -0.0444. The second-order valence-corrected chi connectivity index (χ2v) is 11.9. The third kappa shape index (κ3) is 4.37. The zero-order chi connectivity index (χ0) is 25.0. The van der Waals surface area contributed by atoms with E-state index in [1.165, 1.54) is 4.68 Å². The average Bonchev–Trinajstić information content (AvgIpc) is 3.09. The second-order valence-electron chi connectivity index (χ2n) is 9.04. The van der Waals surface area contributed by atoms with Crippen LogP contribution in [0.15, 0.2) is 4.79 Å². The fourth-order valence-corrected chi connectivity index (χ4v) is 6.86. The van der Waals surface area contributed by atoms with Crippen LogP contribution in [-0.4, -0.2) is 81.1 Å². The first-order valence-electron chi connectivity index (χ1n) is 11.0. The van der Waals surface area contributed by atoms with Gasteiger partial charge in [0.1, 0.15) is 12.2 Å². The van der Waals surface area contributed by atoms with Crippen LogP contribution >= 0.6 is 19.0 Å². The summed E-state index contributed by atoms with van der Waals surface area (Å²) in [6.07, 6.45) is -0.0694. The predicted octanol–water partition coefficient (Wildman–Crippen LogP) is -0.193. The van der Waals surface area contributed by atoms with Crippen molar-refractivity contribution < 1.29 is 28.2 Å². The van der Waals surface area contributed by atoms with Crippen molar-refractivity contribution >= 4 is 42.5 Å². The van der Waals surface area contributed by atoms with Crippen molar-refractivity contribution in [2.75, 3.05) is 26.1 Å². The number of anilines is 1. The Morgan fingerprint density at radius 1 is 1.51 bits per heavy atom. The number of fused-ring (bicyclic) bond motifs is 2. The van der Waals surface area contributed by atoms with E-state index in [1.54, 1.807) is 7.11 Å². The Labute approximate surface area is 204 Å². The minimum Gasteiger partial charge on any atom is -0.388 e. The van der Waals surface area contributed by atoms with Crippen LogP contribution in [0.2, 0.25) is 0 Å². The highest BCUT2D eigenvalue weighted by Crippen LogP contribution is 2.68. The molecule has 2 aromatic rings. The molecule has 2 aromatic heterocycles. The molecule has 0 bridgehead atoms. The summed E-state index contributed by atoms with van der Waals surface area (Å²) in [5, 5.41) is 28.7. The van der Waals surface area contributed by atoms with Gasteiger partial charge in [0.25, 0.3) is 5.56 Å². The van der Waals surface area contributed by atoms with Gasteiger partial charge < -0.3 is 25.6 Å². The molecule has 2 aliphatic carbocycles. The normalized spacial score (nSPS) is 35.6. The number of nitrogens with one attached hydrogen (secondary N) is 3. The number of aliphatic hydroxyl groups is 1. The lowest BCUT2D eigenvalue weighted by molar-refractivity contribution is -0.0374. The zero-order valence-corrected chi connectivity index (χ0v) is 20.5. The number of ether oxygens (including phenoxy) is 2. The van der Waals surface area contributed by atoms with Crippen molar-refractivity contribution in [3.63, 3.8) is 0 Å². The van der Waals surface area contributed by atoms with Gasteiger partial charge >= 0.3 is 6.80 Å². The number of hydrogen-bond acceptors (Lipinski definition) is 12. The van der Waals surface area contributed by atoms with Gasteiger partial charge in [0, 0.05) is 12.5 Å². The van der Waals surface area contributed by atoms with Gasteiger partial charge in [0.05, 0.1) is 31.7 Å². The largest absolute Gasteiger partial charge is 0.388 e. The van der Waals surface area contributed by atoms with Crippen molar-refractivity contribution in [1.82, 2.24) is 30.3 Å². The number of nitrogens with two attached hydrogens (primary N) is 1. The SMILES string of the molecule is COC[C@]12C[C@@H]1[C@@H](NC=N)[C@H](O)[C@@H]2OP(=O)(S)OC[C@@H]1CC[C@H](n2nnc3c(=O)[nH]c(N)nc32)O1. The number of aromatic amines is 1. The highest BCUT2D eigenvalue weighted by Gasteiger charge is 2.72. The lowest BCUT2D eigenvalue weighted by atomic mass is 10.0. The van der Waals surface area contributed by atoms with E-state index in [-0.39, 0.29) is 29.6 Å². The number of nitrogens with zero attached hydrogens (tertiary/aromatic N) is 4. The van der Waals surface area contributed by atoms with Crippen molar-refractivity contribution in [2.24, 2.45) is 11.3 Å². The minimum atomic E-state index is -3.88. The van der Waals surface area contributed by atoms with E-state index in [9.17, 15) is 14.5 Å². The first-order valence-corrected chi connectivity index (χ1v) is 13.7. The Hall–Kier alpha value is -2.07. The van der Waals surface area contributed by atoms with Crippen LogP contribution in [0, 0.1) is 16.7 Å². The summed E-state index contributed by atoms with van der Waals surface area (Å²) in [6.45, 7) is -3.65. The minimum absolute atomic E-state index is 0.0173. The second kappa shape index (κ2) is 9.10. The monoisotopic (exact) mass is 530 g/mol. The molecule has 35 heavy (non-hydrogen) atoms. The molecular weight excluding hydrogens is 503 g/mol. The van der Waals surface area contributed by atoms with E-state index in [0.717, 1.165) is 6.34 Å². The topological polar surface area (TPSA) is 213 Å². The molecule has 0 aromatic carbocycles. The third-order valence-electron chi connectivity index (χ3n) is 6.93. The molecule has 2 saturated carbocycles. The number of methoxy groups -OCH3 is 1. The van der Waals surface area contributed by atoms with Gasteiger partial charge in [-0.3, -0.25) is 24.2 Å². The molecule has 0 radical (unpaired) electrons. The third-order valence-corrected chi connectivity index (χ3v) is 8.52. The number of hydrogen-bond donors (Lipinski definition) is 6. The van der Waals surface area contributed by atoms with Gasteiger partial charge in [-0.15, -0.1) is 5.10 Å². The maximum Gasteiger partial charge on any atom is 0.386 e. The van der Waals surface area contributed by atoms with Gasteiger partial charge in [0.2, 0.25) is 5.95 Å².